The van der Waals surface area contributed by atoms with Gasteiger partial charge in [-0.3, -0.25) is 15.1 Å². The summed E-state index contributed by atoms with van der Waals surface area (Å²) in [6.45, 7) is 2.99. The summed E-state index contributed by atoms with van der Waals surface area (Å²) < 4.78 is 0. The van der Waals surface area contributed by atoms with Gasteiger partial charge in [-0.15, -0.1) is 0 Å². The van der Waals surface area contributed by atoms with Crippen LogP contribution in [0, 0.1) is 17.0 Å². The number of aryl methyl sites for hydroxylation is 1. The van der Waals surface area contributed by atoms with E-state index in [2.05, 4.69) is 10.3 Å². The smallest absolute Gasteiger partial charge is 0.270 e. The Morgan fingerprint density at radius 2 is 2.22 bits per heavy atom. The zero-order chi connectivity index (χ0) is 13.1. The highest BCUT2D eigenvalue weighted by molar-refractivity contribution is 5.93. The molecular formula is C12H14N4O2. The van der Waals surface area contributed by atoms with Gasteiger partial charge in [0.25, 0.3) is 5.69 Å². The van der Waals surface area contributed by atoms with E-state index in [0.717, 1.165) is 22.3 Å². The molecule has 1 aromatic heterocycles. The first-order valence-corrected chi connectivity index (χ1v) is 5.61. The lowest BCUT2D eigenvalue weighted by Crippen LogP contribution is -2.13. The number of pyridine rings is 1. The monoisotopic (exact) mass is 246 g/mol. The molecule has 6 nitrogen and oxygen atoms in total. The molecule has 0 atom stereocenters. The molecule has 0 amide bonds. The molecule has 1 aromatic carbocycles. The number of non-ortho nitro benzene ring substituents is 1. The second kappa shape index (κ2) is 4.97. The third kappa shape index (κ3) is 2.38. The van der Waals surface area contributed by atoms with E-state index in [1.165, 1.54) is 12.1 Å². The molecule has 2 rings (SSSR count). The molecule has 0 radical (unpaired) electrons. The van der Waals surface area contributed by atoms with E-state index >= 15 is 0 Å². The number of benzene rings is 1. The number of nitro benzene ring substituents is 1. The highest BCUT2D eigenvalue weighted by atomic mass is 16.6. The van der Waals surface area contributed by atoms with Gasteiger partial charge in [0.05, 0.1) is 10.4 Å². The van der Waals surface area contributed by atoms with Crippen molar-refractivity contribution < 1.29 is 4.92 Å². The van der Waals surface area contributed by atoms with Gasteiger partial charge in [-0.05, 0) is 19.1 Å². The minimum absolute atomic E-state index is 0.0592. The predicted octanol–water partition coefficient (Wildman–Crippen LogP) is 1.82. The molecule has 0 aliphatic rings. The molecule has 94 valence electrons. The lowest BCUT2D eigenvalue weighted by molar-refractivity contribution is -0.384. The van der Waals surface area contributed by atoms with Crippen molar-refractivity contribution in [2.45, 2.75) is 6.92 Å². The number of aromatic nitrogens is 1. The zero-order valence-corrected chi connectivity index (χ0v) is 10.0. The summed E-state index contributed by atoms with van der Waals surface area (Å²) >= 11 is 0. The van der Waals surface area contributed by atoms with Gasteiger partial charge in [0.15, 0.2) is 0 Å². The van der Waals surface area contributed by atoms with E-state index in [9.17, 15) is 10.1 Å². The van der Waals surface area contributed by atoms with Gasteiger partial charge in [0.2, 0.25) is 0 Å². The van der Waals surface area contributed by atoms with Crippen LogP contribution >= 0.6 is 0 Å². The van der Waals surface area contributed by atoms with E-state index < -0.39 is 4.92 Å². The second-order valence-corrected chi connectivity index (χ2v) is 3.99. The molecular weight excluding hydrogens is 232 g/mol. The largest absolute Gasteiger partial charge is 0.383 e. The first-order valence-electron chi connectivity index (χ1n) is 5.61. The van der Waals surface area contributed by atoms with Crippen molar-refractivity contribution in [3.8, 4) is 0 Å². The molecule has 3 N–H and O–H groups in total. The van der Waals surface area contributed by atoms with E-state index in [0.29, 0.717) is 13.1 Å². The molecule has 0 aliphatic carbocycles. The molecule has 0 saturated heterocycles. The summed E-state index contributed by atoms with van der Waals surface area (Å²) in [5.74, 6) is 0. The van der Waals surface area contributed by atoms with E-state index in [4.69, 9.17) is 5.73 Å². The molecule has 0 aliphatic heterocycles. The number of hydrogen-bond donors (Lipinski definition) is 2. The predicted molar refractivity (Wildman–Crippen MR) is 70.7 cm³/mol. The first kappa shape index (κ1) is 12.3. The number of nitrogens with two attached hydrogens (primary N) is 1. The van der Waals surface area contributed by atoms with Crippen LogP contribution in [0.2, 0.25) is 0 Å². The maximum absolute atomic E-state index is 10.8. The summed E-state index contributed by atoms with van der Waals surface area (Å²) in [5.41, 5.74) is 7.93. The number of anilines is 1. The third-order valence-corrected chi connectivity index (χ3v) is 2.59. The Balaban J connectivity index is 2.58. The van der Waals surface area contributed by atoms with Crippen LogP contribution < -0.4 is 11.1 Å². The van der Waals surface area contributed by atoms with Crippen LogP contribution in [-0.2, 0) is 0 Å². The quantitative estimate of drug-likeness (QED) is 0.634. The summed E-state index contributed by atoms with van der Waals surface area (Å²) in [4.78, 5) is 14.7. The summed E-state index contributed by atoms with van der Waals surface area (Å²) in [6.07, 6.45) is 0. The zero-order valence-electron chi connectivity index (χ0n) is 10.0. The average molecular weight is 246 g/mol. The fourth-order valence-corrected chi connectivity index (χ4v) is 1.81. The topological polar surface area (TPSA) is 94.1 Å². The molecule has 0 spiro atoms. The lowest BCUT2D eigenvalue weighted by atomic mass is 10.1. The molecule has 0 bridgehead atoms. The number of rotatable bonds is 4. The first-order chi connectivity index (χ1) is 8.61. The maximum Gasteiger partial charge on any atom is 0.270 e. The Labute approximate surface area is 104 Å². The molecule has 0 saturated carbocycles. The van der Waals surface area contributed by atoms with E-state index in [-0.39, 0.29) is 5.69 Å². The molecule has 6 heteroatoms. The van der Waals surface area contributed by atoms with Gasteiger partial charge < -0.3 is 11.1 Å². The van der Waals surface area contributed by atoms with Crippen LogP contribution in [0.1, 0.15) is 5.69 Å². The number of nitrogens with zero attached hydrogens (tertiary/aromatic N) is 2. The van der Waals surface area contributed by atoms with Crippen molar-refractivity contribution >= 4 is 22.3 Å². The highest BCUT2D eigenvalue weighted by Gasteiger charge is 2.10. The minimum Gasteiger partial charge on any atom is -0.383 e. The maximum atomic E-state index is 10.8. The number of nitrogens with one attached hydrogen (secondary N) is 1. The van der Waals surface area contributed by atoms with Crippen LogP contribution in [0.4, 0.5) is 11.4 Å². The molecule has 1 heterocycles. The Kier molecular flexibility index (Phi) is 3.38. The fraction of sp³-hybridized carbons (Fsp3) is 0.250. The van der Waals surface area contributed by atoms with Crippen LogP contribution in [-0.4, -0.2) is 23.0 Å². The van der Waals surface area contributed by atoms with Crippen molar-refractivity contribution in [2.24, 2.45) is 5.73 Å². The molecule has 0 fully saturated rings. The molecule has 0 unspecified atom stereocenters. The highest BCUT2D eigenvalue weighted by Crippen LogP contribution is 2.26. The Morgan fingerprint density at radius 1 is 1.44 bits per heavy atom. The van der Waals surface area contributed by atoms with E-state index in [1.54, 1.807) is 6.07 Å². The standard InChI is InChI=1S/C12H14N4O2/c1-8-6-12(14-5-4-13)10-7-9(16(17)18)2-3-11(10)15-8/h2-3,6-7H,4-5,13H2,1H3,(H,14,15). The van der Waals surface area contributed by atoms with Crippen LogP contribution in [0.15, 0.2) is 24.3 Å². The number of hydrogen-bond acceptors (Lipinski definition) is 5. The Morgan fingerprint density at radius 3 is 2.89 bits per heavy atom. The van der Waals surface area contributed by atoms with Gasteiger partial charge in [-0.2, -0.15) is 0 Å². The normalized spacial score (nSPS) is 10.6. The van der Waals surface area contributed by atoms with Crippen molar-refractivity contribution in [1.29, 1.82) is 0 Å². The minimum atomic E-state index is -0.411. The van der Waals surface area contributed by atoms with Gasteiger partial charge in [-0.1, -0.05) is 0 Å². The summed E-state index contributed by atoms with van der Waals surface area (Å²) in [6, 6.07) is 6.51. The summed E-state index contributed by atoms with van der Waals surface area (Å²) in [7, 11) is 0. The number of fused-ring (bicyclic) bond motifs is 1. The number of nitro groups is 1. The SMILES string of the molecule is Cc1cc(NCCN)c2cc([N+](=O)[O-])ccc2n1. The average Bonchev–Trinajstić information content (AvgIpc) is 2.35. The van der Waals surface area contributed by atoms with Crippen molar-refractivity contribution in [3.63, 3.8) is 0 Å². The van der Waals surface area contributed by atoms with Gasteiger partial charge in [0, 0.05) is 42.0 Å². The van der Waals surface area contributed by atoms with Crippen LogP contribution in [0.3, 0.4) is 0 Å². The lowest BCUT2D eigenvalue weighted by Gasteiger charge is -2.09. The second-order valence-electron chi connectivity index (χ2n) is 3.99. The van der Waals surface area contributed by atoms with Crippen molar-refractivity contribution in [2.75, 3.05) is 18.4 Å². The molecule has 18 heavy (non-hydrogen) atoms. The fourth-order valence-electron chi connectivity index (χ4n) is 1.81. The third-order valence-electron chi connectivity index (χ3n) is 2.59. The van der Waals surface area contributed by atoms with Crippen LogP contribution in [0.25, 0.3) is 10.9 Å². The van der Waals surface area contributed by atoms with Gasteiger partial charge >= 0.3 is 0 Å². The van der Waals surface area contributed by atoms with Crippen molar-refractivity contribution in [1.82, 2.24) is 4.98 Å². The van der Waals surface area contributed by atoms with Crippen molar-refractivity contribution in [3.05, 3.63) is 40.1 Å². The van der Waals surface area contributed by atoms with Gasteiger partial charge in [0.1, 0.15) is 0 Å². The van der Waals surface area contributed by atoms with E-state index in [1.807, 2.05) is 13.0 Å². The van der Waals surface area contributed by atoms with Gasteiger partial charge in [-0.25, -0.2) is 0 Å². The summed E-state index contributed by atoms with van der Waals surface area (Å²) in [5, 5.41) is 14.7. The van der Waals surface area contributed by atoms with Crippen LogP contribution in [0.5, 0.6) is 0 Å². The Hall–Kier alpha value is -2.21. The Bertz CT molecular complexity index is 598. The molecule has 2 aromatic rings.